The maximum absolute atomic E-state index is 12.2. The summed E-state index contributed by atoms with van der Waals surface area (Å²) in [4.78, 5) is 7.09. The molecule has 2 aromatic rings. The average molecular weight is 292 g/mol. The van der Waals surface area contributed by atoms with Crippen molar-refractivity contribution >= 4 is 15.7 Å². The van der Waals surface area contributed by atoms with Crippen LogP contribution in [0.3, 0.4) is 0 Å². The molecule has 0 unspecified atom stereocenters. The summed E-state index contributed by atoms with van der Waals surface area (Å²) in [6.07, 6.45) is 6.97. The molecular formula is C13H16N4O2S. The van der Waals surface area contributed by atoms with Crippen molar-refractivity contribution < 1.29 is 8.42 Å². The van der Waals surface area contributed by atoms with Crippen LogP contribution in [0.4, 0.5) is 5.69 Å². The Balaban J connectivity index is 1.70. The van der Waals surface area contributed by atoms with Gasteiger partial charge in [0.1, 0.15) is 4.90 Å². The lowest BCUT2D eigenvalue weighted by Gasteiger charge is -2.05. The molecule has 2 aromatic heterocycles. The second-order valence-corrected chi connectivity index (χ2v) is 6.55. The van der Waals surface area contributed by atoms with Crippen LogP contribution in [0.15, 0.2) is 41.7 Å². The van der Waals surface area contributed by atoms with E-state index in [2.05, 4.69) is 20.0 Å². The molecule has 1 aliphatic carbocycles. The first kappa shape index (κ1) is 13.1. The van der Waals surface area contributed by atoms with Crippen molar-refractivity contribution in [1.82, 2.24) is 15.3 Å². The Bertz CT molecular complexity index is 677. The molecule has 3 N–H and O–H groups in total. The van der Waals surface area contributed by atoms with Gasteiger partial charge in [0.05, 0.1) is 11.9 Å². The van der Waals surface area contributed by atoms with Gasteiger partial charge < -0.3 is 10.3 Å². The van der Waals surface area contributed by atoms with Gasteiger partial charge in [-0.15, -0.1) is 0 Å². The number of aromatic nitrogens is 2. The zero-order chi connectivity index (χ0) is 14.0. The summed E-state index contributed by atoms with van der Waals surface area (Å²) in [7, 11) is -3.56. The normalized spacial score (nSPS) is 15.2. The molecule has 1 aliphatic rings. The summed E-state index contributed by atoms with van der Waals surface area (Å²) in [5.41, 5.74) is 1.31. The fraction of sp³-hybridized carbons (Fsp3) is 0.308. The van der Waals surface area contributed by atoms with Crippen LogP contribution in [-0.2, 0) is 16.6 Å². The molecule has 20 heavy (non-hydrogen) atoms. The van der Waals surface area contributed by atoms with Gasteiger partial charge in [-0.25, -0.2) is 8.42 Å². The van der Waals surface area contributed by atoms with E-state index >= 15 is 0 Å². The Kier molecular flexibility index (Phi) is 3.45. The summed E-state index contributed by atoms with van der Waals surface area (Å²) in [6.45, 7) is 0.660. The highest BCUT2D eigenvalue weighted by molar-refractivity contribution is 7.92. The zero-order valence-corrected chi connectivity index (χ0v) is 11.7. The molecule has 0 aliphatic heterocycles. The third kappa shape index (κ3) is 3.17. The summed E-state index contributed by atoms with van der Waals surface area (Å²) < 4.78 is 26.9. The second-order valence-electron chi connectivity index (χ2n) is 4.86. The van der Waals surface area contributed by atoms with Crippen molar-refractivity contribution in [2.45, 2.75) is 30.3 Å². The summed E-state index contributed by atoms with van der Waals surface area (Å²) in [5.74, 6) is 0. The standard InChI is InChI=1S/C13H16N4O2S/c18-20(19,17-11-2-1-5-14-7-11)13-6-12(16-9-13)8-15-10-3-4-10/h1-2,5-7,9-10,15-17H,3-4,8H2. The van der Waals surface area contributed by atoms with Crippen molar-refractivity contribution in [1.29, 1.82) is 0 Å². The topological polar surface area (TPSA) is 86.9 Å². The van der Waals surface area contributed by atoms with Gasteiger partial charge in [-0.3, -0.25) is 9.71 Å². The van der Waals surface area contributed by atoms with Crippen LogP contribution in [-0.4, -0.2) is 24.4 Å². The van der Waals surface area contributed by atoms with E-state index in [-0.39, 0.29) is 4.90 Å². The van der Waals surface area contributed by atoms with Gasteiger partial charge in [-0.2, -0.15) is 0 Å². The predicted molar refractivity (Wildman–Crippen MR) is 75.7 cm³/mol. The molecule has 106 valence electrons. The molecule has 0 radical (unpaired) electrons. The number of aromatic amines is 1. The Morgan fingerprint density at radius 3 is 2.95 bits per heavy atom. The maximum atomic E-state index is 12.2. The number of anilines is 1. The second kappa shape index (κ2) is 5.26. The van der Waals surface area contributed by atoms with Gasteiger partial charge in [-0.05, 0) is 31.0 Å². The molecule has 0 bridgehead atoms. The van der Waals surface area contributed by atoms with Crippen molar-refractivity contribution in [2.24, 2.45) is 0 Å². The molecule has 2 heterocycles. The van der Waals surface area contributed by atoms with E-state index in [1.807, 2.05) is 0 Å². The minimum absolute atomic E-state index is 0.231. The molecule has 1 saturated carbocycles. The Morgan fingerprint density at radius 1 is 1.40 bits per heavy atom. The first-order chi connectivity index (χ1) is 9.63. The Labute approximate surface area is 117 Å². The molecular weight excluding hydrogens is 276 g/mol. The minimum atomic E-state index is -3.56. The molecule has 0 aromatic carbocycles. The van der Waals surface area contributed by atoms with Crippen LogP contribution in [0.5, 0.6) is 0 Å². The molecule has 0 saturated heterocycles. The van der Waals surface area contributed by atoms with Gasteiger partial charge in [0, 0.05) is 30.7 Å². The van der Waals surface area contributed by atoms with E-state index in [0.29, 0.717) is 18.3 Å². The highest BCUT2D eigenvalue weighted by atomic mass is 32.2. The number of sulfonamides is 1. The van der Waals surface area contributed by atoms with Crippen molar-refractivity contribution in [3.63, 3.8) is 0 Å². The lowest BCUT2D eigenvalue weighted by atomic mass is 10.4. The van der Waals surface area contributed by atoms with Crippen LogP contribution < -0.4 is 10.0 Å². The molecule has 1 fully saturated rings. The van der Waals surface area contributed by atoms with Gasteiger partial charge in [0.25, 0.3) is 10.0 Å². The van der Waals surface area contributed by atoms with E-state index in [0.717, 1.165) is 5.69 Å². The van der Waals surface area contributed by atoms with Gasteiger partial charge >= 0.3 is 0 Å². The number of nitrogens with one attached hydrogen (secondary N) is 3. The lowest BCUT2D eigenvalue weighted by Crippen LogP contribution is -2.15. The van der Waals surface area contributed by atoms with Crippen molar-refractivity contribution in [2.75, 3.05) is 4.72 Å². The molecule has 6 nitrogen and oxygen atoms in total. The Morgan fingerprint density at radius 2 is 2.25 bits per heavy atom. The number of pyridine rings is 1. The first-order valence-electron chi connectivity index (χ1n) is 6.47. The highest BCUT2D eigenvalue weighted by Crippen LogP contribution is 2.20. The number of nitrogens with zero attached hydrogens (tertiary/aromatic N) is 1. The largest absolute Gasteiger partial charge is 0.363 e. The predicted octanol–water partition coefficient (Wildman–Crippen LogP) is 1.46. The van der Waals surface area contributed by atoms with Crippen molar-refractivity contribution in [3.05, 3.63) is 42.5 Å². The van der Waals surface area contributed by atoms with E-state index in [1.165, 1.54) is 25.2 Å². The number of hydrogen-bond acceptors (Lipinski definition) is 4. The molecule has 7 heteroatoms. The van der Waals surface area contributed by atoms with Crippen LogP contribution >= 0.6 is 0 Å². The third-order valence-corrected chi connectivity index (χ3v) is 4.46. The first-order valence-corrected chi connectivity index (χ1v) is 7.95. The zero-order valence-electron chi connectivity index (χ0n) is 10.8. The number of H-pyrrole nitrogens is 1. The van der Waals surface area contributed by atoms with Crippen LogP contribution in [0.2, 0.25) is 0 Å². The quantitative estimate of drug-likeness (QED) is 0.752. The number of rotatable bonds is 6. The fourth-order valence-electron chi connectivity index (χ4n) is 1.86. The van der Waals surface area contributed by atoms with E-state index in [4.69, 9.17) is 0 Å². The molecule has 0 atom stereocenters. The van der Waals surface area contributed by atoms with E-state index in [9.17, 15) is 8.42 Å². The third-order valence-electron chi connectivity index (χ3n) is 3.10. The minimum Gasteiger partial charge on any atom is -0.363 e. The van der Waals surface area contributed by atoms with Crippen LogP contribution in [0.1, 0.15) is 18.5 Å². The highest BCUT2D eigenvalue weighted by Gasteiger charge is 2.21. The average Bonchev–Trinajstić information content (AvgIpc) is 3.13. The van der Waals surface area contributed by atoms with Crippen LogP contribution in [0, 0.1) is 0 Å². The van der Waals surface area contributed by atoms with Gasteiger partial charge in [0.2, 0.25) is 0 Å². The van der Waals surface area contributed by atoms with E-state index < -0.39 is 10.0 Å². The van der Waals surface area contributed by atoms with Gasteiger partial charge in [0.15, 0.2) is 0 Å². The monoisotopic (exact) mass is 292 g/mol. The van der Waals surface area contributed by atoms with Gasteiger partial charge in [-0.1, -0.05) is 0 Å². The molecule has 0 spiro atoms. The summed E-state index contributed by atoms with van der Waals surface area (Å²) >= 11 is 0. The Hall–Kier alpha value is -1.86. The SMILES string of the molecule is O=S(=O)(Nc1cccnc1)c1c[nH]c(CNC2CC2)c1. The van der Waals surface area contributed by atoms with E-state index in [1.54, 1.807) is 24.4 Å². The summed E-state index contributed by atoms with van der Waals surface area (Å²) in [5, 5.41) is 3.33. The van der Waals surface area contributed by atoms with Crippen molar-refractivity contribution in [3.8, 4) is 0 Å². The molecule has 0 amide bonds. The fourth-order valence-corrected chi connectivity index (χ4v) is 2.92. The number of hydrogen-bond donors (Lipinski definition) is 3. The summed E-state index contributed by atoms with van der Waals surface area (Å²) in [6, 6.07) is 5.58. The lowest BCUT2D eigenvalue weighted by molar-refractivity contribution is 0.601. The van der Waals surface area contributed by atoms with Crippen LogP contribution in [0.25, 0.3) is 0 Å². The molecule has 3 rings (SSSR count). The smallest absolute Gasteiger partial charge is 0.263 e. The maximum Gasteiger partial charge on any atom is 0.263 e.